The highest BCUT2D eigenvalue weighted by Crippen LogP contribution is 2.39. The zero-order valence-corrected chi connectivity index (χ0v) is 31.7. The molecule has 12 rings (SSSR count). The summed E-state index contributed by atoms with van der Waals surface area (Å²) in [7, 11) is 0. The topological polar surface area (TPSA) is 57.6 Å². The smallest absolute Gasteiger partial charge is 0.267 e. The number of hydrogen-bond acceptors (Lipinski definition) is 3. The van der Waals surface area contributed by atoms with E-state index in [1.54, 1.807) is 4.57 Å². The van der Waals surface area contributed by atoms with Gasteiger partial charge in [-0.25, -0.2) is 9.97 Å². The predicted octanol–water partition coefficient (Wildman–Crippen LogP) is 12.5. The van der Waals surface area contributed by atoms with E-state index in [1.807, 2.05) is 84.9 Å². The number of benzene rings is 8. The highest BCUT2D eigenvalue weighted by atomic mass is 16.1. The molecule has 0 amide bonds. The molecule has 8 aromatic carbocycles. The van der Waals surface area contributed by atoms with E-state index in [2.05, 4.69) is 124 Å². The van der Waals surface area contributed by atoms with Gasteiger partial charge >= 0.3 is 0 Å². The summed E-state index contributed by atoms with van der Waals surface area (Å²) >= 11 is 0. The zero-order valence-electron chi connectivity index (χ0n) is 31.7. The molecular weight excluding hydrogens is 723 g/mol. The van der Waals surface area contributed by atoms with Crippen molar-refractivity contribution in [3.05, 3.63) is 211 Å². The predicted molar refractivity (Wildman–Crippen MR) is 242 cm³/mol. The van der Waals surface area contributed by atoms with E-state index in [0.717, 1.165) is 60.8 Å². The molecule has 0 unspecified atom stereocenters. The van der Waals surface area contributed by atoms with E-state index < -0.39 is 0 Å². The van der Waals surface area contributed by atoms with Crippen molar-refractivity contribution in [2.24, 2.45) is 0 Å². The van der Waals surface area contributed by atoms with Crippen LogP contribution < -0.4 is 5.56 Å². The van der Waals surface area contributed by atoms with Gasteiger partial charge in [-0.2, -0.15) is 0 Å². The SMILES string of the molecule is O=c1c2c(-c3ccccc3)nc(-n3c4ccccc4c4cc(-c5ccc6c(c5)c5ccccc5n6-c5ccccc5)ccc43)nc2c2ccccc2n1-c1ccccc1. The van der Waals surface area contributed by atoms with Crippen molar-refractivity contribution < 1.29 is 0 Å². The van der Waals surface area contributed by atoms with Crippen LogP contribution in [0.2, 0.25) is 0 Å². The molecule has 0 N–H and O–H groups in total. The molecule has 12 aromatic rings. The molecule has 59 heavy (non-hydrogen) atoms. The summed E-state index contributed by atoms with van der Waals surface area (Å²) < 4.78 is 6.28. The van der Waals surface area contributed by atoms with Crippen LogP contribution >= 0.6 is 0 Å². The van der Waals surface area contributed by atoms with Gasteiger partial charge in [-0.1, -0.05) is 133 Å². The quantitative estimate of drug-likeness (QED) is 0.164. The van der Waals surface area contributed by atoms with Crippen molar-refractivity contribution in [2.75, 3.05) is 0 Å². The minimum absolute atomic E-state index is 0.161. The maximum atomic E-state index is 14.8. The van der Waals surface area contributed by atoms with E-state index in [-0.39, 0.29) is 5.56 Å². The van der Waals surface area contributed by atoms with Crippen LogP contribution in [0.3, 0.4) is 0 Å². The lowest BCUT2D eigenvalue weighted by atomic mass is 10.0. The molecule has 0 aliphatic heterocycles. The Balaban J connectivity index is 1.10. The summed E-state index contributed by atoms with van der Waals surface area (Å²) in [6.07, 6.45) is 0. The molecule has 4 heterocycles. The van der Waals surface area contributed by atoms with Crippen molar-refractivity contribution in [1.82, 2.24) is 23.7 Å². The molecular formula is C53H33N5O. The first-order valence-electron chi connectivity index (χ1n) is 19.8. The van der Waals surface area contributed by atoms with Crippen LogP contribution in [-0.4, -0.2) is 23.7 Å². The fraction of sp³-hybridized carbons (Fsp3) is 0. The summed E-state index contributed by atoms with van der Waals surface area (Å²) in [6.45, 7) is 0. The van der Waals surface area contributed by atoms with Crippen LogP contribution in [0.4, 0.5) is 0 Å². The summed E-state index contributed by atoms with van der Waals surface area (Å²) in [6, 6.07) is 68.9. The van der Waals surface area contributed by atoms with Gasteiger partial charge in [0.1, 0.15) is 0 Å². The average molecular weight is 756 g/mol. The maximum absolute atomic E-state index is 14.8. The minimum atomic E-state index is -0.161. The third-order valence-electron chi connectivity index (χ3n) is 11.7. The van der Waals surface area contributed by atoms with Gasteiger partial charge in [-0.05, 0) is 77.9 Å². The van der Waals surface area contributed by atoms with E-state index in [4.69, 9.17) is 9.97 Å². The van der Waals surface area contributed by atoms with Crippen molar-refractivity contribution in [3.63, 3.8) is 0 Å². The van der Waals surface area contributed by atoms with Crippen LogP contribution in [0, 0.1) is 0 Å². The highest BCUT2D eigenvalue weighted by molar-refractivity contribution is 6.13. The van der Waals surface area contributed by atoms with E-state index in [1.165, 1.54) is 21.8 Å². The molecule has 0 radical (unpaired) electrons. The van der Waals surface area contributed by atoms with Crippen molar-refractivity contribution in [3.8, 4) is 39.7 Å². The summed E-state index contributed by atoms with van der Waals surface area (Å²) in [5.41, 5.74) is 11.2. The van der Waals surface area contributed by atoms with Crippen molar-refractivity contribution in [2.45, 2.75) is 0 Å². The largest absolute Gasteiger partial charge is 0.309 e. The van der Waals surface area contributed by atoms with Crippen LogP contribution in [0.25, 0.3) is 105 Å². The van der Waals surface area contributed by atoms with Gasteiger partial charge < -0.3 is 4.57 Å². The normalized spacial score (nSPS) is 11.8. The van der Waals surface area contributed by atoms with Crippen LogP contribution in [0.15, 0.2) is 205 Å². The van der Waals surface area contributed by atoms with Gasteiger partial charge in [0.15, 0.2) is 0 Å². The minimum Gasteiger partial charge on any atom is -0.309 e. The van der Waals surface area contributed by atoms with Gasteiger partial charge in [-0.15, -0.1) is 0 Å². The summed E-state index contributed by atoms with van der Waals surface area (Å²) in [4.78, 5) is 25.5. The first-order valence-corrected chi connectivity index (χ1v) is 19.8. The third-order valence-corrected chi connectivity index (χ3v) is 11.7. The summed E-state index contributed by atoms with van der Waals surface area (Å²) in [5.74, 6) is 0.507. The molecule has 276 valence electrons. The Morgan fingerprint density at radius 1 is 0.339 bits per heavy atom. The molecule has 0 aliphatic carbocycles. The molecule has 0 fully saturated rings. The second kappa shape index (κ2) is 13.0. The fourth-order valence-corrected chi connectivity index (χ4v) is 9.05. The second-order valence-electron chi connectivity index (χ2n) is 15.0. The first-order chi connectivity index (χ1) is 29.2. The Labute approximate surface area is 338 Å². The lowest BCUT2D eigenvalue weighted by Gasteiger charge is -2.16. The molecule has 0 saturated heterocycles. The van der Waals surface area contributed by atoms with Crippen LogP contribution in [0.1, 0.15) is 0 Å². The van der Waals surface area contributed by atoms with E-state index >= 15 is 0 Å². The molecule has 0 saturated carbocycles. The second-order valence-corrected chi connectivity index (χ2v) is 15.0. The first kappa shape index (κ1) is 33.1. The molecule has 6 heteroatoms. The van der Waals surface area contributed by atoms with Crippen molar-refractivity contribution in [1.29, 1.82) is 0 Å². The fourth-order valence-electron chi connectivity index (χ4n) is 9.05. The van der Waals surface area contributed by atoms with E-state index in [9.17, 15) is 4.79 Å². The van der Waals surface area contributed by atoms with E-state index in [0.29, 0.717) is 22.5 Å². The highest BCUT2D eigenvalue weighted by Gasteiger charge is 2.23. The number of para-hydroxylation sites is 5. The number of pyridine rings is 1. The van der Waals surface area contributed by atoms with Crippen LogP contribution in [-0.2, 0) is 0 Å². The van der Waals surface area contributed by atoms with Gasteiger partial charge in [0.25, 0.3) is 5.56 Å². The Hall–Kier alpha value is -8.09. The monoisotopic (exact) mass is 755 g/mol. The Morgan fingerprint density at radius 3 is 1.37 bits per heavy atom. The third kappa shape index (κ3) is 5.03. The number of hydrogen-bond donors (Lipinski definition) is 0. The number of aromatic nitrogens is 5. The Morgan fingerprint density at radius 2 is 0.780 bits per heavy atom. The standard InChI is InChI=1S/C53H33N5O/c59-52-49-50(34-16-4-1-5-17-34)54-53(55-51(49)41-24-12-15-27-46(41)57(52)38-20-8-3-9-21-38)58-45-26-14-11-23-40(45)43-33-36(29-31-48(43)58)35-28-30-47-42(32-35)39-22-10-13-25-44(39)56(47)37-18-6-2-7-19-37/h1-33H. The summed E-state index contributed by atoms with van der Waals surface area (Å²) in [5, 5.41) is 5.98. The van der Waals surface area contributed by atoms with Gasteiger partial charge in [0.2, 0.25) is 5.95 Å². The lowest BCUT2D eigenvalue weighted by molar-refractivity contribution is 1.00. The number of rotatable bonds is 5. The number of nitrogens with zero attached hydrogens (tertiary/aromatic N) is 5. The zero-order chi connectivity index (χ0) is 39.0. The molecule has 0 aliphatic rings. The molecule has 0 spiro atoms. The Bertz CT molecular complexity index is 3680. The molecule has 0 bridgehead atoms. The van der Waals surface area contributed by atoms with Gasteiger partial charge in [0, 0.05) is 43.9 Å². The molecule has 4 aromatic heterocycles. The van der Waals surface area contributed by atoms with Crippen molar-refractivity contribution >= 4 is 65.4 Å². The average Bonchev–Trinajstić information content (AvgIpc) is 3.82. The maximum Gasteiger partial charge on any atom is 0.267 e. The van der Waals surface area contributed by atoms with Gasteiger partial charge in [0.05, 0.1) is 44.2 Å². The lowest BCUT2D eigenvalue weighted by Crippen LogP contribution is -2.21. The molecule has 6 nitrogen and oxygen atoms in total. The van der Waals surface area contributed by atoms with Crippen LogP contribution in [0.5, 0.6) is 0 Å². The Kier molecular flexibility index (Phi) is 7.28. The molecule has 0 atom stereocenters. The van der Waals surface area contributed by atoms with Gasteiger partial charge in [-0.3, -0.25) is 13.9 Å². The number of fused-ring (bicyclic) bond motifs is 9.